The van der Waals surface area contributed by atoms with Crippen LogP contribution in [0.5, 0.6) is 0 Å². The van der Waals surface area contributed by atoms with E-state index in [1.54, 1.807) is 0 Å². The van der Waals surface area contributed by atoms with Crippen molar-refractivity contribution in [3.63, 3.8) is 0 Å². The molecule has 0 aliphatic carbocycles. The van der Waals surface area contributed by atoms with E-state index in [2.05, 4.69) is 26.3 Å². The molecule has 2 aromatic rings. The minimum Gasteiger partial charge on any atom is -0.463 e. The average molecular weight is 971 g/mol. The SMILES string of the molecule is C=CC(=O)OCCCCn1c(=O)n(CCCCOC(=O)C=C)c(=O)n(CCCCOC(=O)/C=C/C=C\C(=O)OCCCn2c(=O)n(CCCOC(=O)C=C)c(=O)n(CCCOC(=O)C=C)c2=O)c1=O. The number of esters is 6. The van der Waals surface area contributed by atoms with Gasteiger partial charge in [0.25, 0.3) is 0 Å². The van der Waals surface area contributed by atoms with E-state index in [-0.39, 0.29) is 124 Å². The molecule has 0 aromatic carbocycles. The van der Waals surface area contributed by atoms with Crippen molar-refractivity contribution in [2.45, 2.75) is 97.1 Å². The van der Waals surface area contributed by atoms with Gasteiger partial charge in [0.05, 0.1) is 39.6 Å². The standard InChI is InChI=1S/C45H58N6O18/c1-5-34(52)64-28-14-11-22-46-40(58)47(23-12-15-29-65-35(53)6-2)42(60)48(41(46)59)24-13-16-30-68-38(56)20-9-10-21-39(57)69-33-19-27-51-44(62)49(25-17-31-66-36(54)7-3)43(61)50(45(51)63)26-18-32-67-37(55)8-4/h5-10,20-21H,1-4,11-19,22-33H2/b20-9+,21-10-. The summed E-state index contributed by atoms with van der Waals surface area (Å²) in [4.78, 5) is 149. The van der Waals surface area contributed by atoms with E-state index in [1.807, 2.05) is 0 Å². The Morgan fingerprint density at radius 1 is 0.304 bits per heavy atom. The highest BCUT2D eigenvalue weighted by molar-refractivity contribution is 5.84. The van der Waals surface area contributed by atoms with Crippen LogP contribution in [-0.4, -0.2) is 103 Å². The normalized spacial score (nSPS) is 10.9. The van der Waals surface area contributed by atoms with Gasteiger partial charge in [0.1, 0.15) is 0 Å². The van der Waals surface area contributed by atoms with Crippen LogP contribution < -0.4 is 34.1 Å². The number of rotatable bonds is 34. The van der Waals surface area contributed by atoms with Crippen molar-refractivity contribution in [3.8, 4) is 0 Å². The van der Waals surface area contributed by atoms with Crippen LogP contribution in [0.1, 0.15) is 57.8 Å². The molecule has 2 heterocycles. The van der Waals surface area contributed by atoms with Crippen LogP contribution in [0.2, 0.25) is 0 Å². The summed E-state index contributed by atoms with van der Waals surface area (Å²) in [5, 5.41) is 0. The van der Waals surface area contributed by atoms with Gasteiger partial charge in [-0.2, -0.15) is 0 Å². The third-order valence-corrected chi connectivity index (χ3v) is 9.39. The molecule has 69 heavy (non-hydrogen) atoms. The second kappa shape index (κ2) is 31.9. The summed E-state index contributed by atoms with van der Waals surface area (Å²) in [7, 11) is 0. The molecule has 0 radical (unpaired) electrons. The zero-order valence-electron chi connectivity index (χ0n) is 38.3. The number of carbonyl (C=O) groups is 6. The maximum absolute atomic E-state index is 13.3. The second-order valence-corrected chi connectivity index (χ2v) is 14.3. The largest absolute Gasteiger partial charge is 0.463 e. The van der Waals surface area contributed by atoms with Crippen molar-refractivity contribution in [1.29, 1.82) is 0 Å². The van der Waals surface area contributed by atoms with Crippen molar-refractivity contribution in [1.82, 2.24) is 27.4 Å². The highest BCUT2D eigenvalue weighted by atomic mass is 16.5. The van der Waals surface area contributed by atoms with Crippen molar-refractivity contribution in [2.24, 2.45) is 0 Å². The third kappa shape index (κ3) is 20.2. The van der Waals surface area contributed by atoms with Crippen LogP contribution in [0.25, 0.3) is 0 Å². The first-order chi connectivity index (χ1) is 33.1. The molecule has 0 bridgehead atoms. The van der Waals surface area contributed by atoms with Crippen LogP contribution in [0.3, 0.4) is 0 Å². The number of hydrogen-bond donors (Lipinski definition) is 0. The zero-order valence-corrected chi connectivity index (χ0v) is 38.3. The molecule has 376 valence electrons. The van der Waals surface area contributed by atoms with Gasteiger partial charge in [0.15, 0.2) is 0 Å². The van der Waals surface area contributed by atoms with Gasteiger partial charge in [-0.15, -0.1) is 0 Å². The summed E-state index contributed by atoms with van der Waals surface area (Å²) in [5.74, 6) is -4.24. The molecule has 2 aromatic heterocycles. The van der Waals surface area contributed by atoms with Crippen LogP contribution in [0.15, 0.2) is 104 Å². The monoisotopic (exact) mass is 970 g/mol. The molecule has 0 aliphatic rings. The molecular formula is C45H58N6O18. The summed E-state index contributed by atoms with van der Waals surface area (Å²) in [6.45, 7) is 11.7. The first-order valence-electron chi connectivity index (χ1n) is 21.9. The molecule has 0 aliphatic heterocycles. The number of ether oxygens (including phenoxy) is 6. The Bertz CT molecular complexity index is 2450. The zero-order chi connectivity index (χ0) is 51.1. The molecule has 24 heteroatoms. The molecule has 0 spiro atoms. The predicted octanol–water partition coefficient (Wildman–Crippen LogP) is -0.0165. The first kappa shape index (κ1) is 57.2. The smallest absolute Gasteiger partial charge is 0.336 e. The van der Waals surface area contributed by atoms with Gasteiger partial charge in [0.2, 0.25) is 0 Å². The van der Waals surface area contributed by atoms with Crippen LogP contribution >= 0.6 is 0 Å². The van der Waals surface area contributed by atoms with E-state index in [4.69, 9.17) is 28.4 Å². The number of aromatic nitrogens is 6. The Balaban J connectivity index is 1.96. The Hall–Kier alpha value is -7.92. The molecule has 0 saturated heterocycles. The lowest BCUT2D eigenvalue weighted by atomic mass is 10.3. The van der Waals surface area contributed by atoms with E-state index in [0.29, 0.717) is 12.8 Å². The summed E-state index contributed by atoms with van der Waals surface area (Å²) in [6.07, 6.45) is 10.0. The van der Waals surface area contributed by atoms with E-state index >= 15 is 0 Å². The van der Waals surface area contributed by atoms with Crippen LogP contribution in [0, 0.1) is 0 Å². The van der Waals surface area contributed by atoms with Crippen molar-refractivity contribution in [3.05, 3.63) is 138 Å². The molecule has 24 nitrogen and oxygen atoms in total. The van der Waals surface area contributed by atoms with E-state index < -0.39 is 70.0 Å². The number of unbranched alkanes of at least 4 members (excludes halogenated alkanes) is 3. The van der Waals surface area contributed by atoms with Gasteiger partial charge in [-0.25, -0.2) is 84.9 Å². The second-order valence-electron chi connectivity index (χ2n) is 14.3. The topological polar surface area (TPSA) is 290 Å². The lowest BCUT2D eigenvalue weighted by Gasteiger charge is -2.14. The molecular weight excluding hydrogens is 913 g/mol. The summed E-state index contributed by atoms with van der Waals surface area (Å²) in [5.41, 5.74) is -5.30. The molecule has 0 N–H and O–H groups in total. The van der Waals surface area contributed by atoms with Crippen molar-refractivity contribution >= 4 is 35.8 Å². The predicted molar refractivity (Wildman–Crippen MR) is 245 cm³/mol. The fraction of sp³-hybridized carbons (Fsp3) is 0.467. The van der Waals surface area contributed by atoms with Gasteiger partial charge < -0.3 is 28.4 Å². The highest BCUT2D eigenvalue weighted by Gasteiger charge is 2.18. The van der Waals surface area contributed by atoms with Crippen LogP contribution in [0.4, 0.5) is 0 Å². The van der Waals surface area contributed by atoms with E-state index in [9.17, 15) is 57.5 Å². The number of nitrogens with zero attached hydrogens (tertiary/aromatic N) is 6. The van der Waals surface area contributed by atoms with Gasteiger partial charge in [-0.3, -0.25) is 0 Å². The van der Waals surface area contributed by atoms with Crippen molar-refractivity contribution < 1.29 is 57.2 Å². The van der Waals surface area contributed by atoms with Gasteiger partial charge >= 0.3 is 70.0 Å². The Labute approximate surface area is 394 Å². The minimum absolute atomic E-state index is 0.0229. The Kier molecular flexibility index (Phi) is 26.4. The Morgan fingerprint density at radius 2 is 0.493 bits per heavy atom. The summed E-state index contributed by atoms with van der Waals surface area (Å²) in [6, 6.07) is 0. The molecule has 0 atom stereocenters. The van der Waals surface area contributed by atoms with E-state index in [1.165, 1.54) is 12.2 Å². The van der Waals surface area contributed by atoms with Gasteiger partial charge in [-0.1, -0.05) is 38.5 Å². The number of allylic oxidation sites excluding steroid dienone is 2. The fourth-order valence-corrected chi connectivity index (χ4v) is 5.93. The van der Waals surface area contributed by atoms with Crippen LogP contribution in [-0.2, 0) is 96.5 Å². The molecule has 2 rings (SSSR count). The summed E-state index contributed by atoms with van der Waals surface area (Å²) < 4.78 is 35.1. The Morgan fingerprint density at radius 3 is 0.710 bits per heavy atom. The highest BCUT2D eigenvalue weighted by Crippen LogP contribution is 1.99. The third-order valence-electron chi connectivity index (χ3n) is 9.39. The molecule has 0 unspecified atom stereocenters. The van der Waals surface area contributed by atoms with Crippen molar-refractivity contribution in [2.75, 3.05) is 39.6 Å². The fourth-order valence-electron chi connectivity index (χ4n) is 5.93. The quantitative estimate of drug-likeness (QED) is 0.0293. The van der Waals surface area contributed by atoms with Gasteiger partial charge in [0, 0.05) is 75.7 Å². The molecule has 0 saturated carbocycles. The average Bonchev–Trinajstić information content (AvgIpc) is 3.33. The molecule has 0 fully saturated rings. The number of hydrogen-bond acceptors (Lipinski definition) is 18. The first-order valence-corrected chi connectivity index (χ1v) is 21.9. The van der Waals surface area contributed by atoms with Gasteiger partial charge in [-0.05, 0) is 57.8 Å². The van der Waals surface area contributed by atoms with E-state index in [0.717, 1.165) is 63.9 Å². The minimum atomic E-state index is -0.939. The maximum Gasteiger partial charge on any atom is 0.336 e. The number of carbonyl (C=O) groups excluding carboxylic acids is 6. The molecule has 0 amide bonds. The summed E-state index contributed by atoms with van der Waals surface area (Å²) >= 11 is 0. The lowest BCUT2D eigenvalue weighted by Crippen LogP contribution is -2.54. The maximum atomic E-state index is 13.3. The lowest BCUT2D eigenvalue weighted by molar-refractivity contribution is -0.138.